The van der Waals surface area contributed by atoms with E-state index in [1.54, 1.807) is 0 Å². The summed E-state index contributed by atoms with van der Waals surface area (Å²) in [6.45, 7) is 10.2. The highest BCUT2D eigenvalue weighted by atomic mass is 19.4. The molecule has 2 aromatic carbocycles. The number of hydrogen-bond acceptors (Lipinski definition) is 3. The van der Waals surface area contributed by atoms with E-state index in [4.69, 9.17) is 4.98 Å². The first-order chi connectivity index (χ1) is 18.2. The monoisotopic (exact) mass is 527 g/mol. The molecule has 3 aromatic rings. The van der Waals surface area contributed by atoms with Gasteiger partial charge in [0.25, 0.3) is 0 Å². The van der Waals surface area contributed by atoms with Gasteiger partial charge >= 0.3 is 12.2 Å². The lowest BCUT2D eigenvalue weighted by molar-refractivity contribution is -0.137. The summed E-state index contributed by atoms with van der Waals surface area (Å²) in [5.41, 5.74) is 2.87. The molecule has 204 valence electrons. The molecule has 0 unspecified atom stereocenters. The van der Waals surface area contributed by atoms with Crippen molar-refractivity contribution in [1.82, 2.24) is 24.7 Å². The number of carbonyl (C=O) groups excluding carboxylic acids is 1. The SMILES string of the molecule is CCN(CC)C(=O)N(Cc1ccccc1)C1CCN(Cc2nc(-c3ccc(C(F)(F)F)cc3)[nH]c2C)CC1. The van der Waals surface area contributed by atoms with E-state index in [1.165, 1.54) is 12.1 Å². The number of H-pyrrole nitrogens is 1. The van der Waals surface area contributed by atoms with Crippen molar-refractivity contribution in [3.05, 3.63) is 77.1 Å². The Morgan fingerprint density at radius 3 is 2.24 bits per heavy atom. The number of piperidine rings is 1. The summed E-state index contributed by atoms with van der Waals surface area (Å²) >= 11 is 0. The number of alkyl halides is 3. The Bertz CT molecular complexity index is 1180. The first-order valence-corrected chi connectivity index (χ1v) is 13.2. The van der Waals surface area contributed by atoms with Crippen molar-refractivity contribution in [2.24, 2.45) is 0 Å². The van der Waals surface area contributed by atoms with Gasteiger partial charge in [-0.05, 0) is 51.3 Å². The average molecular weight is 528 g/mol. The maximum atomic E-state index is 13.4. The number of nitrogens with one attached hydrogen (secondary N) is 1. The van der Waals surface area contributed by atoms with Gasteiger partial charge in [0.2, 0.25) is 0 Å². The number of benzene rings is 2. The summed E-state index contributed by atoms with van der Waals surface area (Å²) in [5.74, 6) is 0.569. The van der Waals surface area contributed by atoms with E-state index in [-0.39, 0.29) is 12.1 Å². The smallest absolute Gasteiger partial charge is 0.342 e. The lowest BCUT2D eigenvalue weighted by atomic mass is 10.0. The number of aromatic amines is 1. The predicted molar refractivity (Wildman–Crippen MR) is 142 cm³/mol. The van der Waals surface area contributed by atoms with Crippen molar-refractivity contribution < 1.29 is 18.0 Å². The Balaban J connectivity index is 1.41. The highest BCUT2D eigenvalue weighted by Crippen LogP contribution is 2.31. The largest absolute Gasteiger partial charge is 0.416 e. The van der Waals surface area contributed by atoms with Crippen LogP contribution in [0, 0.1) is 6.92 Å². The number of nitrogens with zero attached hydrogens (tertiary/aromatic N) is 4. The molecule has 0 radical (unpaired) electrons. The first kappa shape index (κ1) is 27.7. The standard InChI is InChI=1S/C29H36F3N5O/c1-4-36(5-2)28(38)37(19-22-9-7-6-8-10-22)25-15-17-35(18-16-25)20-26-21(3)33-27(34-26)23-11-13-24(14-12-23)29(30,31)32/h6-14,25H,4-5,15-20H2,1-3H3,(H,33,34). The molecule has 0 atom stereocenters. The third-order valence-corrected chi connectivity index (χ3v) is 7.32. The van der Waals surface area contributed by atoms with Gasteiger partial charge in [-0.25, -0.2) is 9.78 Å². The van der Waals surface area contributed by atoms with Crippen molar-refractivity contribution in [1.29, 1.82) is 0 Å². The van der Waals surface area contributed by atoms with E-state index in [0.29, 0.717) is 37.6 Å². The molecular weight excluding hydrogens is 491 g/mol. The summed E-state index contributed by atoms with van der Waals surface area (Å²) in [4.78, 5) is 27.6. The first-order valence-electron chi connectivity index (χ1n) is 13.2. The van der Waals surface area contributed by atoms with Crippen molar-refractivity contribution >= 4 is 6.03 Å². The molecular formula is C29H36F3N5O. The number of hydrogen-bond donors (Lipinski definition) is 1. The number of aryl methyl sites for hydroxylation is 1. The lowest BCUT2D eigenvalue weighted by Crippen LogP contribution is -2.51. The Labute approximate surface area is 222 Å². The number of likely N-dealkylation sites (tertiary alicyclic amines) is 1. The van der Waals surface area contributed by atoms with Crippen LogP contribution in [-0.2, 0) is 19.3 Å². The molecule has 38 heavy (non-hydrogen) atoms. The summed E-state index contributed by atoms with van der Waals surface area (Å²) < 4.78 is 38.7. The molecule has 1 N–H and O–H groups in total. The van der Waals surface area contributed by atoms with Crippen LogP contribution >= 0.6 is 0 Å². The Hall–Kier alpha value is -3.33. The van der Waals surface area contributed by atoms with E-state index in [9.17, 15) is 18.0 Å². The van der Waals surface area contributed by atoms with Gasteiger partial charge in [-0.15, -0.1) is 0 Å². The Morgan fingerprint density at radius 1 is 1.03 bits per heavy atom. The number of rotatable bonds is 8. The number of carbonyl (C=O) groups is 1. The van der Waals surface area contributed by atoms with Crippen molar-refractivity contribution in [3.8, 4) is 11.4 Å². The van der Waals surface area contributed by atoms with Crippen molar-refractivity contribution in [3.63, 3.8) is 0 Å². The zero-order valence-electron chi connectivity index (χ0n) is 22.3. The van der Waals surface area contributed by atoms with Crippen LogP contribution in [0.15, 0.2) is 54.6 Å². The van der Waals surface area contributed by atoms with Crippen LogP contribution in [0.25, 0.3) is 11.4 Å². The van der Waals surface area contributed by atoms with E-state index >= 15 is 0 Å². The van der Waals surface area contributed by atoms with Crippen LogP contribution in [0.4, 0.5) is 18.0 Å². The molecule has 6 nitrogen and oxygen atoms in total. The average Bonchev–Trinajstić information content (AvgIpc) is 3.28. The minimum absolute atomic E-state index is 0.0848. The molecule has 0 saturated carbocycles. The number of halogens is 3. The minimum atomic E-state index is -4.36. The van der Waals surface area contributed by atoms with E-state index in [1.807, 2.05) is 48.8 Å². The summed E-state index contributed by atoms with van der Waals surface area (Å²) in [6, 6.07) is 15.4. The van der Waals surface area contributed by atoms with E-state index in [0.717, 1.165) is 55.0 Å². The normalized spacial score (nSPS) is 15.0. The minimum Gasteiger partial charge on any atom is -0.342 e. The molecule has 2 heterocycles. The molecule has 0 bridgehead atoms. The van der Waals surface area contributed by atoms with Crippen molar-refractivity contribution in [2.75, 3.05) is 26.2 Å². The number of aromatic nitrogens is 2. The second-order valence-corrected chi connectivity index (χ2v) is 9.81. The fourth-order valence-electron chi connectivity index (χ4n) is 5.01. The molecule has 1 aliphatic rings. The zero-order valence-corrected chi connectivity index (χ0v) is 22.3. The molecule has 0 spiro atoms. The summed E-state index contributed by atoms with van der Waals surface area (Å²) in [7, 11) is 0. The third-order valence-electron chi connectivity index (χ3n) is 7.32. The quantitative estimate of drug-likeness (QED) is 0.372. The van der Waals surface area contributed by atoms with Gasteiger partial charge in [-0.3, -0.25) is 4.90 Å². The van der Waals surface area contributed by atoms with E-state index < -0.39 is 11.7 Å². The molecule has 1 saturated heterocycles. The van der Waals surface area contributed by atoms with Gasteiger partial charge in [-0.1, -0.05) is 42.5 Å². The Morgan fingerprint density at radius 2 is 1.66 bits per heavy atom. The fraction of sp³-hybridized carbons (Fsp3) is 0.448. The lowest BCUT2D eigenvalue weighted by Gasteiger charge is -2.40. The maximum absolute atomic E-state index is 13.4. The molecule has 0 aliphatic carbocycles. The number of amides is 2. The van der Waals surface area contributed by atoms with E-state index in [2.05, 4.69) is 22.0 Å². The van der Waals surface area contributed by atoms with Crippen LogP contribution < -0.4 is 0 Å². The molecule has 9 heteroatoms. The maximum Gasteiger partial charge on any atom is 0.416 e. The second kappa shape index (κ2) is 12.0. The topological polar surface area (TPSA) is 55.5 Å². The van der Waals surface area contributed by atoms with Crippen LogP contribution in [0.5, 0.6) is 0 Å². The highest BCUT2D eigenvalue weighted by Gasteiger charge is 2.31. The van der Waals surface area contributed by atoms with Gasteiger partial charge in [0.05, 0.1) is 11.3 Å². The van der Waals surface area contributed by atoms with Gasteiger partial charge in [0, 0.05) is 56.6 Å². The molecule has 1 aliphatic heterocycles. The molecule has 4 rings (SSSR count). The summed E-state index contributed by atoms with van der Waals surface area (Å²) in [5, 5.41) is 0. The number of imidazole rings is 1. The van der Waals surface area contributed by atoms with Crippen LogP contribution in [0.2, 0.25) is 0 Å². The van der Waals surface area contributed by atoms with Crippen LogP contribution in [-0.4, -0.2) is 62.9 Å². The van der Waals surface area contributed by atoms with Crippen molar-refractivity contribution in [2.45, 2.75) is 58.9 Å². The molecule has 1 aromatic heterocycles. The zero-order chi connectivity index (χ0) is 27.3. The van der Waals surface area contributed by atoms with Gasteiger partial charge in [-0.2, -0.15) is 13.2 Å². The third kappa shape index (κ3) is 6.56. The molecule has 2 amide bonds. The highest BCUT2D eigenvalue weighted by molar-refractivity contribution is 5.74. The predicted octanol–water partition coefficient (Wildman–Crippen LogP) is 6.33. The van der Waals surface area contributed by atoms with Gasteiger partial charge < -0.3 is 14.8 Å². The molecule has 1 fully saturated rings. The van der Waals surface area contributed by atoms with Crippen LogP contribution in [0.3, 0.4) is 0 Å². The number of urea groups is 1. The summed E-state index contributed by atoms with van der Waals surface area (Å²) in [6.07, 6.45) is -2.62. The van der Waals surface area contributed by atoms with Gasteiger partial charge in [0.15, 0.2) is 0 Å². The van der Waals surface area contributed by atoms with Crippen LogP contribution in [0.1, 0.15) is 49.2 Å². The second-order valence-electron chi connectivity index (χ2n) is 9.81. The van der Waals surface area contributed by atoms with Gasteiger partial charge in [0.1, 0.15) is 5.82 Å². The Kier molecular flexibility index (Phi) is 8.76. The fourth-order valence-corrected chi connectivity index (χ4v) is 5.01.